The summed E-state index contributed by atoms with van der Waals surface area (Å²) in [7, 11) is 0. The zero-order chi connectivity index (χ0) is 17.4. The van der Waals surface area contributed by atoms with Crippen molar-refractivity contribution >= 4 is 38.3 Å². The fraction of sp³-hybridized carbons (Fsp3) is 0.200. The zero-order valence-corrected chi connectivity index (χ0v) is 14.8. The van der Waals surface area contributed by atoms with Gasteiger partial charge in [0.25, 0.3) is 0 Å². The van der Waals surface area contributed by atoms with Crippen LogP contribution in [0.2, 0.25) is 0 Å². The van der Waals surface area contributed by atoms with Crippen LogP contribution in [0.5, 0.6) is 0 Å². The number of fused-ring (bicyclic) bond motifs is 3. The maximum absolute atomic E-state index is 9.63. The molecule has 126 valence electrons. The Morgan fingerprint density at radius 3 is 2.76 bits per heavy atom. The first kappa shape index (κ1) is 16.0. The minimum atomic E-state index is 0.0187. The summed E-state index contributed by atoms with van der Waals surface area (Å²) in [6.45, 7) is 2.17. The quantitative estimate of drug-likeness (QED) is 0.567. The fourth-order valence-electron chi connectivity index (χ4n) is 3.15. The van der Waals surface area contributed by atoms with E-state index in [4.69, 9.17) is 5.73 Å². The molecule has 0 unspecified atom stereocenters. The Kier molecular flexibility index (Phi) is 4.11. The summed E-state index contributed by atoms with van der Waals surface area (Å²) < 4.78 is 1.09. The number of hydrogen-bond donors (Lipinski definition) is 2. The Labute approximate surface area is 150 Å². The van der Waals surface area contributed by atoms with Gasteiger partial charge in [-0.05, 0) is 41.7 Å². The smallest absolute Gasteiger partial charge is 0.151 e. The Morgan fingerprint density at radius 2 is 1.96 bits per heavy atom. The van der Waals surface area contributed by atoms with Crippen molar-refractivity contribution in [2.75, 3.05) is 5.73 Å². The molecule has 0 aliphatic heterocycles. The molecule has 0 aliphatic rings. The number of hydrogen-bond acceptors (Lipinski definition) is 5. The lowest BCUT2D eigenvalue weighted by atomic mass is 9.98. The highest BCUT2D eigenvalue weighted by Gasteiger charge is 2.13. The molecule has 2 aromatic carbocycles. The van der Waals surface area contributed by atoms with Crippen LogP contribution < -0.4 is 5.73 Å². The highest BCUT2D eigenvalue weighted by atomic mass is 32.1. The van der Waals surface area contributed by atoms with E-state index in [-0.39, 0.29) is 6.61 Å². The Hall–Kier alpha value is -2.50. The number of nitrogen functional groups attached to an aromatic ring is 1. The maximum Gasteiger partial charge on any atom is 0.151 e. The normalized spacial score (nSPS) is 11.4. The van der Waals surface area contributed by atoms with Crippen molar-refractivity contribution in [3.63, 3.8) is 0 Å². The minimum absolute atomic E-state index is 0.0187. The van der Waals surface area contributed by atoms with Crippen LogP contribution in [-0.2, 0) is 13.0 Å². The van der Waals surface area contributed by atoms with E-state index in [0.717, 1.165) is 55.7 Å². The second-order valence-electron chi connectivity index (χ2n) is 6.08. The van der Waals surface area contributed by atoms with Crippen LogP contribution in [0.3, 0.4) is 0 Å². The molecule has 0 fully saturated rings. The molecule has 0 amide bonds. The Morgan fingerprint density at radius 1 is 1.12 bits per heavy atom. The van der Waals surface area contributed by atoms with Gasteiger partial charge in [0, 0.05) is 5.39 Å². The monoisotopic (exact) mass is 349 g/mol. The number of aliphatic hydroxyl groups excluding tert-OH is 1. The first-order valence-electron chi connectivity index (χ1n) is 8.39. The molecular formula is C20H19N3OS. The Bertz CT molecular complexity index is 1070. The predicted octanol–water partition coefficient (Wildman–Crippen LogP) is 4.54. The minimum Gasteiger partial charge on any atom is -0.392 e. The first-order chi connectivity index (χ1) is 12.2. The van der Waals surface area contributed by atoms with Gasteiger partial charge in [-0.1, -0.05) is 37.3 Å². The molecule has 0 spiro atoms. The van der Waals surface area contributed by atoms with Crippen molar-refractivity contribution in [3.8, 4) is 11.1 Å². The van der Waals surface area contributed by atoms with Gasteiger partial charge in [0.15, 0.2) is 5.82 Å². The molecule has 0 aliphatic carbocycles. The van der Waals surface area contributed by atoms with E-state index in [1.165, 1.54) is 0 Å². The molecule has 3 N–H and O–H groups in total. The lowest BCUT2D eigenvalue weighted by molar-refractivity contribution is 0.282. The third kappa shape index (κ3) is 2.75. The second kappa shape index (κ2) is 6.43. The van der Waals surface area contributed by atoms with Crippen LogP contribution in [0.4, 0.5) is 5.82 Å². The molecule has 4 nitrogen and oxygen atoms in total. The number of aromatic nitrogens is 2. The molecule has 2 aromatic heterocycles. The molecule has 5 heteroatoms. The number of nitrogens with zero attached hydrogens (tertiary/aromatic N) is 2. The molecule has 2 heterocycles. The summed E-state index contributed by atoms with van der Waals surface area (Å²) in [6, 6.07) is 14.1. The zero-order valence-electron chi connectivity index (χ0n) is 14.0. The van der Waals surface area contributed by atoms with Crippen LogP contribution in [0.15, 0.2) is 42.5 Å². The van der Waals surface area contributed by atoms with Gasteiger partial charge < -0.3 is 10.8 Å². The lowest BCUT2D eigenvalue weighted by Gasteiger charge is -2.09. The Balaban J connectivity index is 1.98. The summed E-state index contributed by atoms with van der Waals surface area (Å²) >= 11 is 1.70. The van der Waals surface area contributed by atoms with Crippen LogP contribution in [-0.4, -0.2) is 15.1 Å². The largest absolute Gasteiger partial charge is 0.392 e. The summed E-state index contributed by atoms with van der Waals surface area (Å²) in [6.07, 6.45) is 2.01. The third-order valence-corrected chi connectivity index (χ3v) is 5.51. The van der Waals surface area contributed by atoms with Gasteiger partial charge in [-0.25, -0.2) is 9.97 Å². The fourth-order valence-corrected chi connectivity index (χ4v) is 4.35. The topological polar surface area (TPSA) is 72.0 Å². The van der Waals surface area contributed by atoms with Crippen molar-refractivity contribution < 1.29 is 5.11 Å². The van der Waals surface area contributed by atoms with Gasteiger partial charge in [0.1, 0.15) is 5.52 Å². The van der Waals surface area contributed by atoms with Gasteiger partial charge in [-0.15, -0.1) is 11.3 Å². The number of nitrogens with two attached hydrogens (primary N) is 1. The summed E-state index contributed by atoms with van der Waals surface area (Å²) in [5, 5.41) is 11.8. The van der Waals surface area contributed by atoms with Gasteiger partial charge >= 0.3 is 0 Å². The molecule has 25 heavy (non-hydrogen) atoms. The molecule has 0 radical (unpaired) electrons. The number of anilines is 1. The van der Waals surface area contributed by atoms with Gasteiger partial charge in [0.05, 0.1) is 21.8 Å². The summed E-state index contributed by atoms with van der Waals surface area (Å²) in [5.41, 5.74) is 10.8. The second-order valence-corrected chi connectivity index (χ2v) is 7.16. The maximum atomic E-state index is 9.63. The summed E-state index contributed by atoms with van der Waals surface area (Å²) in [4.78, 5) is 9.21. The van der Waals surface area contributed by atoms with E-state index in [1.54, 1.807) is 11.3 Å². The van der Waals surface area contributed by atoms with Crippen LogP contribution >= 0.6 is 11.3 Å². The molecule has 4 aromatic rings. The highest BCUT2D eigenvalue weighted by molar-refractivity contribution is 7.19. The van der Waals surface area contributed by atoms with Gasteiger partial charge in [0.2, 0.25) is 0 Å². The van der Waals surface area contributed by atoms with Crippen molar-refractivity contribution in [3.05, 3.63) is 53.0 Å². The number of aryl methyl sites for hydroxylation is 1. The number of benzene rings is 2. The van der Waals surface area contributed by atoms with Crippen molar-refractivity contribution in [2.45, 2.75) is 26.4 Å². The standard InChI is InChI=1S/C20H19N3OS/c1-2-5-17-23-18-19(25-17)15-10-12(8-9-16(15)22-20(18)21)14-7-4-3-6-13(14)11-24/h3-4,6-10,24H,2,5,11H2,1H3,(H2,21,22). The van der Waals surface area contributed by atoms with E-state index >= 15 is 0 Å². The SMILES string of the molecule is CCCc1nc2c(N)nc3ccc(-c4ccccc4CO)cc3c2s1. The molecule has 0 atom stereocenters. The third-order valence-electron chi connectivity index (χ3n) is 4.36. The van der Waals surface area contributed by atoms with E-state index in [1.807, 2.05) is 36.4 Å². The number of pyridine rings is 1. The molecule has 0 saturated heterocycles. The number of aliphatic hydroxyl groups is 1. The molecule has 4 rings (SSSR count). The van der Waals surface area contributed by atoms with E-state index in [2.05, 4.69) is 23.0 Å². The van der Waals surface area contributed by atoms with E-state index in [0.29, 0.717) is 5.82 Å². The van der Waals surface area contributed by atoms with Crippen molar-refractivity contribution in [1.82, 2.24) is 9.97 Å². The molecule has 0 bridgehead atoms. The van der Waals surface area contributed by atoms with Crippen LogP contribution in [0.25, 0.3) is 32.2 Å². The van der Waals surface area contributed by atoms with Crippen LogP contribution in [0, 0.1) is 0 Å². The predicted molar refractivity (Wildman–Crippen MR) is 105 cm³/mol. The number of rotatable bonds is 4. The average molecular weight is 349 g/mol. The van der Waals surface area contributed by atoms with E-state index in [9.17, 15) is 5.11 Å². The van der Waals surface area contributed by atoms with Crippen molar-refractivity contribution in [2.24, 2.45) is 0 Å². The average Bonchev–Trinajstić information content (AvgIpc) is 3.07. The number of thiazole rings is 1. The van der Waals surface area contributed by atoms with Crippen LogP contribution in [0.1, 0.15) is 23.9 Å². The lowest BCUT2D eigenvalue weighted by Crippen LogP contribution is -1.94. The van der Waals surface area contributed by atoms with Gasteiger partial charge in [-0.3, -0.25) is 0 Å². The summed E-state index contributed by atoms with van der Waals surface area (Å²) in [5.74, 6) is 0.490. The van der Waals surface area contributed by atoms with Gasteiger partial charge in [-0.2, -0.15) is 0 Å². The molecule has 0 saturated carbocycles. The van der Waals surface area contributed by atoms with E-state index < -0.39 is 0 Å². The van der Waals surface area contributed by atoms with Crippen molar-refractivity contribution in [1.29, 1.82) is 0 Å². The first-order valence-corrected chi connectivity index (χ1v) is 9.20. The molecular weight excluding hydrogens is 330 g/mol. The highest BCUT2D eigenvalue weighted by Crippen LogP contribution is 2.35.